The van der Waals surface area contributed by atoms with Crippen molar-refractivity contribution in [2.75, 3.05) is 26.8 Å². The number of rotatable bonds is 4. The van der Waals surface area contributed by atoms with Gasteiger partial charge in [-0.05, 0) is 5.92 Å². The summed E-state index contributed by atoms with van der Waals surface area (Å²) in [5, 5.41) is 4.06. The van der Waals surface area contributed by atoms with E-state index in [1.807, 2.05) is 30.3 Å². The summed E-state index contributed by atoms with van der Waals surface area (Å²) in [6.07, 6.45) is 0. The lowest BCUT2D eigenvalue weighted by molar-refractivity contribution is -0.134. The molecular weight excluding hydrogens is 282 g/mol. The molecule has 1 amide bonds. The topological polar surface area (TPSA) is 68.5 Å². The monoisotopic (exact) mass is 301 g/mol. The van der Waals surface area contributed by atoms with Gasteiger partial charge >= 0.3 is 0 Å². The molecule has 22 heavy (non-hydrogen) atoms. The average molecular weight is 301 g/mol. The number of ether oxygens (including phenoxy) is 1. The van der Waals surface area contributed by atoms with Crippen molar-refractivity contribution in [2.45, 2.75) is 12.8 Å². The molecule has 2 atom stereocenters. The van der Waals surface area contributed by atoms with Gasteiger partial charge in [0.2, 0.25) is 17.6 Å². The van der Waals surface area contributed by atoms with Gasteiger partial charge in [-0.3, -0.25) is 4.79 Å². The van der Waals surface area contributed by atoms with Gasteiger partial charge in [-0.2, -0.15) is 4.98 Å². The van der Waals surface area contributed by atoms with Crippen molar-refractivity contribution in [3.63, 3.8) is 0 Å². The molecule has 6 heteroatoms. The van der Waals surface area contributed by atoms with Crippen molar-refractivity contribution >= 4 is 5.91 Å². The molecule has 0 aliphatic carbocycles. The van der Waals surface area contributed by atoms with Crippen molar-refractivity contribution < 1.29 is 14.1 Å². The second-order valence-corrected chi connectivity index (χ2v) is 5.64. The minimum atomic E-state index is -0.000326. The van der Waals surface area contributed by atoms with E-state index in [1.54, 1.807) is 4.90 Å². The Balaban J connectivity index is 1.75. The fourth-order valence-corrected chi connectivity index (χ4v) is 2.80. The summed E-state index contributed by atoms with van der Waals surface area (Å²) in [5.74, 6) is 1.54. The predicted octanol–water partition coefficient (Wildman–Crippen LogP) is 1.94. The zero-order valence-corrected chi connectivity index (χ0v) is 12.7. The first kappa shape index (κ1) is 14.7. The smallest absolute Gasteiger partial charge is 0.248 e. The molecule has 2 aromatic rings. The number of likely N-dealkylation sites (tertiary alicyclic amines) is 1. The minimum absolute atomic E-state index is 0.000326. The predicted molar refractivity (Wildman–Crippen MR) is 80.1 cm³/mol. The van der Waals surface area contributed by atoms with Crippen LogP contribution in [0.5, 0.6) is 0 Å². The highest BCUT2D eigenvalue weighted by Crippen LogP contribution is 2.32. The highest BCUT2D eigenvalue weighted by atomic mass is 16.5. The third-order valence-electron chi connectivity index (χ3n) is 4.02. The van der Waals surface area contributed by atoms with Crippen molar-refractivity contribution in [1.29, 1.82) is 0 Å². The molecule has 116 valence electrons. The van der Waals surface area contributed by atoms with Gasteiger partial charge in [0, 0.05) is 25.8 Å². The van der Waals surface area contributed by atoms with Crippen molar-refractivity contribution in [3.8, 4) is 11.4 Å². The third kappa shape index (κ3) is 2.87. The maximum Gasteiger partial charge on any atom is 0.248 e. The van der Waals surface area contributed by atoms with E-state index < -0.39 is 0 Å². The van der Waals surface area contributed by atoms with E-state index in [4.69, 9.17) is 9.26 Å². The van der Waals surface area contributed by atoms with Gasteiger partial charge in [0.05, 0.1) is 5.92 Å². The lowest BCUT2D eigenvalue weighted by Gasteiger charge is -2.14. The quantitative estimate of drug-likeness (QED) is 0.863. The van der Waals surface area contributed by atoms with E-state index in [-0.39, 0.29) is 24.3 Å². The molecule has 0 N–H and O–H groups in total. The summed E-state index contributed by atoms with van der Waals surface area (Å²) >= 11 is 0. The molecule has 1 aromatic carbocycles. The Morgan fingerprint density at radius 1 is 1.36 bits per heavy atom. The van der Waals surface area contributed by atoms with Crippen LogP contribution < -0.4 is 0 Å². The summed E-state index contributed by atoms with van der Waals surface area (Å²) in [4.78, 5) is 18.2. The van der Waals surface area contributed by atoms with Crippen LogP contribution in [0.3, 0.4) is 0 Å². The standard InChI is InChI=1S/C16H19N3O3/c1-11-8-19(14(20)10-21-2)9-13(11)16-17-15(18-22-16)12-6-4-3-5-7-12/h3-7,11,13H,8-10H2,1-2H3/t11-,13-/m1/s1. The minimum Gasteiger partial charge on any atom is -0.375 e. The molecule has 1 fully saturated rings. The van der Waals surface area contributed by atoms with Crippen LogP contribution in [0.1, 0.15) is 18.7 Å². The Morgan fingerprint density at radius 3 is 2.86 bits per heavy atom. The zero-order chi connectivity index (χ0) is 15.5. The van der Waals surface area contributed by atoms with Crippen LogP contribution >= 0.6 is 0 Å². The van der Waals surface area contributed by atoms with E-state index in [1.165, 1.54) is 7.11 Å². The van der Waals surface area contributed by atoms with Gasteiger partial charge in [0.15, 0.2) is 0 Å². The number of methoxy groups -OCH3 is 1. The molecule has 0 saturated carbocycles. The largest absolute Gasteiger partial charge is 0.375 e. The van der Waals surface area contributed by atoms with Crippen LogP contribution in [0.15, 0.2) is 34.9 Å². The van der Waals surface area contributed by atoms with E-state index in [9.17, 15) is 4.79 Å². The van der Waals surface area contributed by atoms with Crippen LogP contribution in [-0.4, -0.2) is 47.8 Å². The Labute approximate surface area is 129 Å². The molecule has 6 nitrogen and oxygen atoms in total. The fourth-order valence-electron chi connectivity index (χ4n) is 2.80. The van der Waals surface area contributed by atoms with Gasteiger partial charge in [0.25, 0.3) is 0 Å². The van der Waals surface area contributed by atoms with Gasteiger partial charge < -0.3 is 14.2 Å². The molecule has 1 aromatic heterocycles. The number of aromatic nitrogens is 2. The van der Waals surface area contributed by atoms with E-state index in [0.717, 1.165) is 5.56 Å². The Kier molecular flexibility index (Phi) is 4.20. The van der Waals surface area contributed by atoms with Crippen molar-refractivity contribution in [3.05, 3.63) is 36.2 Å². The first-order valence-corrected chi connectivity index (χ1v) is 7.34. The van der Waals surface area contributed by atoms with Gasteiger partial charge in [-0.25, -0.2) is 0 Å². The van der Waals surface area contributed by atoms with E-state index in [0.29, 0.717) is 24.8 Å². The zero-order valence-electron chi connectivity index (χ0n) is 12.7. The molecule has 0 radical (unpaired) electrons. The highest BCUT2D eigenvalue weighted by Gasteiger charge is 2.36. The summed E-state index contributed by atoms with van der Waals surface area (Å²) in [6, 6.07) is 9.72. The fraction of sp³-hybridized carbons (Fsp3) is 0.438. The summed E-state index contributed by atoms with van der Waals surface area (Å²) in [5.41, 5.74) is 0.926. The second kappa shape index (κ2) is 6.27. The van der Waals surface area contributed by atoms with E-state index >= 15 is 0 Å². The first-order valence-electron chi connectivity index (χ1n) is 7.34. The number of benzene rings is 1. The molecule has 0 bridgehead atoms. The number of hydrogen-bond acceptors (Lipinski definition) is 5. The Hall–Kier alpha value is -2.21. The maximum atomic E-state index is 11.9. The lowest BCUT2D eigenvalue weighted by Crippen LogP contribution is -2.31. The molecule has 2 heterocycles. The average Bonchev–Trinajstić information content (AvgIpc) is 3.15. The normalized spacial score (nSPS) is 21.3. The summed E-state index contributed by atoms with van der Waals surface area (Å²) in [6.45, 7) is 3.49. The van der Waals surface area contributed by atoms with Crippen molar-refractivity contribution in [1.82, 2.24) is 15.0 Å². The van der Waals surface area contributed by atoms with Gasteiger partial charge in [0.1, 0.15) is 6.61 Å². The van der Waals surface area contributed by atoms with Crippen LogP contribution in [0.4, 0.5) is 0 Å². The number of carbonyl (C=O) groups is 1. The van der Waals surface area contributed by atoms with Gasteiger partial charge in [-0.1, -0.05) is 42.4 Å². The highest BCUT2D eigenvalue weighted by molar-refractivity contribution is 5.77. The summed E-state index contributed by atoms with van der Waals surface area (Å²) in [7, 11) is 1.53. The molecule has 1 saturated heterocycles. The maximum absolute atomic E-state index is 11.9. The number of hydrogen-bond donors (Lipinski definition) is 0. The molecule has 0 spiro atoms. The third-order valence-corrected chi connectivity index (χ3v) is 4.02. The molecule has 3 rings (SSSR count). The Morgan fingerprint density at radius 2 is 2.14 bits per heavy atom. The Bertz CT molecular complexity index is 641. The number of amides is 1. The molecular formula is C16H19N3O3. The lowest BCUT2D eigenvalue weighted by atomic mass is 9.98. The van der Waals surface area contributed by atoms with Crippen LogP contribution in [-0.2, 0) is 9.53 Å². The number of nitrogens with zero attached hydrogens (tertiary/aromatic N) is 3. The van der Waals surface area contributed by atoms with Crippen LogP contribution in [0.25, 0.3) is 11.4 Å². The van der Waals surface area contributed by atoms with E-state index in [2.05, 4.69) is 17.1 Å². The molecule has 1 aliphatic rings. The molecule has 0 unspecified atom stereocenters. The summed E-state index contributed by atoms with van der Waals surface area (Å²) < 4.78 is 10.3. The van der Waals surface area contributed by atoms with Crippen molar-refractivity contribution in [2.24, 2.45) is 5.92 Å². The SMILES string of the molecule is COCC(=O)N1C[C@@H](C)[C@H](c2nc(-c3ccccc3)no2)C1. The van der Waals surface area contributed by atoms with Crippen LogP contribution in [0, 0.1) is 5.92 Å². The number of carbonyl (C=O) groups excluding carboxylic acids is 1. The van der Waals surface area contributed by atoms with Crippen LogP contribution in [0.2, 0.25) is 0 Å². The second-order valence-electron chi connectivity index (χ2n) is 5.64. The molecule has 1 aliphatic heterocycles. The first-order chi connectivity index (χ1) is 10.7. The van der Waals surface area contributed by atoms with Gasteiger partial charge in [-0.15, -0.1) is 0 Å².